The van der Waals surface area contributed by atoms with Crippen molar-refractivity contribution in [1.29, 1.82) is 0 Å². The zero-order chi connectivity index (χ0) is 24.6. The van der Waals surface area contributed by atoms with E-state index >= 15 is 0 Å². The lowest BCUT2D eigenvalue weighted by molar-refractivity contribution is 0.433. The van der Waals surface area contributed by atoms with Gasteiger partial charge in [-0.15, -0.1) is 0 Å². The van der Waals surface area contributed by atoms with Crippen LogP contribution in [0.25, 0.3) is 16.7 Å². The van der Waals surface area contributed by atoms with E-state index in [0.717, 1.165) is 39.6 Å². The van der Waals surface area contributed by atoms with E-state index in [1.54, 1.807) is 28.6 Å². The molecule has 0 atom stereocenters. The number of sulfonamides is 1. The largest absolute Gasteiger partial charge is 0.355 e. The van der Waals surface area contributed by atoms with Crippen LogP contribution < -0.4 is 4.90 Å². The summed E-state index contributed by atoms with van der Waals surface area (Å²) in [7, 11) is -3.53. The number of nitrogens with zero attached hydrogens (tertiary/aromatic N) is 6. The van der Waals surface area contributed by atoms with Gasteiger partial charge >= 0.3 is 0 Å². The molecule has 0 N–H and O–H groups in total. The van der Waals surface area contributed by atoms with E-state index < -0.39 is 10.0 Å². The molecule has 4 aromatic rings. The molecule has 5 rings (SSSR count). The molecule has 1 saturated heterocycles. The Morgan fingerprint density at radius 1 is 0.886 bits per heavy atom. The minimum Gasteiger partial charge on any atom is -0.355 e. The maximum absolute atomic E-state index is 13.2. The maximum atomic E-state index is 13.2. The van der Waals surface area contributed by atoms with Crippen LogP contribution in [0.4, 0.5) is 5.82 Å². The zero-order valence-electron chi connectivity index (χ0n) is 20.3. The Labute approximate surface area is 206 Å². The van der Waals surface area contributed by atoms with Crippen molar-refractivity contribution < 1.29 is 8.42 Å². The van der Waals surface area contributed by atoms with Crippen molar-refractivity contribution in [2.24, 2.45) is 0 Å². The molecule has 0 amide bonds. The minimum absolute atomic E-state index is 0.335. The molecule has 0 unspecified atom stereocenters. The van der Waals surface area contributed by atoms with E-state index in [2.05, 4.69) is 17.9 Å². The molecule has 9 heteroatoms. The van der Waals surface area contributed by atoms with Crippen molar-refractivity contribution in [3.05, 3.63) is 71.7 Å². The lowest BCUT2D eigenvalue weighted by atomic mass is 10.2. The summed E-state index contributed by atoms with van der Waals surface area (Å²) in [4.78, 5) is 12.3. The second-order valence-electron chi connectivity index (χ2n) is 8.86. The summed E-state index contributed by atoms with van der Waals surface area (Å²) in [6.07, 6.45) is 1.41. The highest BCUT2D eigenvalue weighted by molar-refractivity contribution is 7.89. The van der Waals surface area contributed by atoms with Crippen LogP contribution in [0.2, 0.25) is 0 Å². The van der Waals surface area contributed by atoms with E-state index in [1.165, 1.54) is 0 Å². The van der Waals surface area contributed by atoms with E-state index in [1.807, 2.05) is 42.8 Å². The molecule has 0 saturated carbocycles. The van der Waals surface area contributed by atoms with Crippen LogP contribution in [0.15, 0.2) is 59.5 Å². The summed E-state index contributed by atoms with van der Waals surface area (Å²) >= 11 is 0. The van der Waals surface area contributed by atoms with Crippen LogP contribution in [0, 0.1) is 13.8 Å². The predicted molar refractivity (Wildman–Crippen MR) is 138 cm³/mol. The highest BCUT2D eigenvalue weighted by atomic mass is 32.2. The topological polar surface area (TPSA) is 84.2 Å². The SMILES string of the molecule is CCc1nc(N2CCCN(S(=O)(=O)c3ccccc3)CC2)c2c(C)nn(-c3ccccc3C)c2n1. The number of anilines is 1. The van der Waals surface area contributed by atoms with Crippen molar-refractivity contribution >= 4 is 26.9 Å². The van der Waals surface area contributed by atoms with E-state index in [9.17, 15) is 8.42 Å². The number of aryl methyl sites for hydroxylation is 3. The number of benzene rings is 2. The van der Waals surface area contributed by atoms with Crippen LogP contribution in [0.5, 0.6) is 0 Å². The Balaban J connectivity index is 1.53. The van der Waals surface area contributed by atoms with Crippen molar-refractivity contribution in [3.8, 4) is 5.69 Å². The molecule has 2 aromatic carbocycles. The Morgan fingerprint density at radius 3 is 2.37 bits per heavy atom. The van der Waals surface area contributed by atoms with Gasteiger partial charge in [0.25, 0.3) is 0 Å². The normalized spacial score (nSPS) is 15.5. The number of hydrogen-bond donors (Lipinski definition) is 0. The zero-order valence-corrected chi connectivity index (χ0v) is 21.2. The average molecular weight is 491 g/mol. The molecule has 35 heavy (non-hydrogen) atoms. The summed E-state index contributed by atoms with van der Waals surface area (Å²) in [5.41, 5.74) is 3.76. The lowest BCUT2D eigenvalue weighted by Crippen LogP contribution is -2.35. The van der Waals surface area contributed by atoms with Gasteiger partial charge in [0.15, 0.2) is 5.65 Å². The van der Waals surface area contributed by atoms with Crippen LogP contribution in [-0.2, 0) is 16.4 Å². The fourth-order valence-electron chi connectivity index (χ4n) is 4.65. The molecule has 0 bridgehead atoms. The third-order valence-electron chi connectivity index (χ3n) is 6.52. The fourth-order valence-corrected chi connectivity index (χ4v) is 6.14. The standard InChI is InChI=1S/C26H30N6O2S/c1-4-23-27-25(24-20(3)29-32(26(24)28-23)22-14-9-8-11-19(22)2)30-15-10-16-31(18-17-30)35(33,34)21-12-6-5-7-13-21/h5-9,11-14H,4,10,15-18H2,1-3H3. The summed E-state index contributed by atoms with van der Waals surface area (Å²) in [5, 5.41) is 5.77. The van der Waals surface area contributed by atoms with Crippen molar-refractivity contribution in [2.75, 3.05) is 31.1 Å². The van der Waals surface area contributed by atoms with Gasteiger partial charge in [0.05, 0.1) is 21.7 Å². The molecule has 1 fully saturated rings. The fraction of sp³-hybridized carbons (Fsp3) is 0.346. The maximum Gasteiger partial charge on any atom is 0.243 e. The first kappa shape index (κ1) is 23.4. The molecular formula is C26H30N6O2S. The Morgan fingerprint density at radius 2 is 1.63 bits per heavy atom. The van der Waals surface area contributed by atoms with Gasteiger partial charge in [-0.05, 0) is 44.0 Å². The molecule has 0 aliphatic carbocycles. The Hall–Kier alpha value is -3.30. The van der Waals surface area contributed by atoms with Gasteiger partial charge in [-0.2, -0.15) is 9.40 Å². The van der Waals surface area contributed by atoms with Crippen LogP contribution in [0.1, 0.15) is 30.4 Å². The highest BCUT2D eigenvalue weighted by Crippen LogP contribution is 2.31. The van der Waals surface area contributed by atoms with Crippen LogP contribution in [0.3, 0.4) is 0 Å². The van der Waals surface area contributed by atoms with Crippen molar-refractivity contribution in [1.82, 2.24) is 24.1 Å². The first-order valence-electron chi connectivity index (χ1n) is 12.0. The molecule has 1 aliphatic heterocycles. The quantitative estimate of drug-likeness (QED) is 0.422. The molecule has 182 valence electrons. The van der Waals surface area contributed by atoms with Crippen molar-refractivity contribution in [3.63, 3.8) is 0 Å². The van der Waals surface area contributed by atoms with Gasteiger partial charge in [-0.3, -0.25) is 0 Å². The predicted octanol–water partition coefficient (Wildman–Crippen LogP) is 3.90. The van der Waals surface area contributed by atoms with Gasteiger partial charge < -0.3 is 4.90 Å². The monoisotopic (exact) mass is 490 g/mol. The third kappa shape index (κ3) is 4.30. The van der Waals surface area contributed by atoms with Gasteiger partial charge in [-0.25, -0.2) is 23.1 Å². The average Bonchev–Trinajstić information content (AvgIpc) is 3.04. The molecular weight excluding hydrogens is 460 g/mol. The first-order valence-corrected chi connectivity index (χ1v) is 13.5. The summed E-state index contributed by atoms with van der Waals surface area (Å²) in [6, 6.07) is 16.8. The van der Waals surface area contributed by atoms with Crippen LogP contribution in [-0.4, -0.2) is 58.7 Å². The molecule has 0 radical (unpaired) electrons. The summed E-state index contributed by atoms with van der Waals surface area (Å²) in [6.45, 7) is 8.24. The number of aromatic nitrogens is 4. The van der Waals surface area contributed by atoms with E-state index in [4.69, 9.17) is 15.1 Å². The minimum atomic E-state index is -3.53. The van der Waals surface area contributed by atoms with E-state index in [0.29, 0.717) is 43.9 Å². The number of fused-ring (bicyclic) bond motifs is 1. The van der Waals surface area contributed by atoms with E-state index in [-0.39, 0.29) is 0 Å². The van der Waals surface area contributed by atoms with Crippen LogP contribution >= 0.6 is 0 Å². The van der Waals surface area contributed by atoms with Gasteiger partial charge in [0, 0.05) is 32.6 Å². The third-order valence-corrected chi connectivity index (χ3v) is 8.44. The van der Waals surface area contributed by atoms with Gasteiger partial charge in [-0.1, -0.05) is 43.3 Å². The Bertz CT molecular complexity index is 1470. The molecule has 8 nitrogen and oxygen atoms in total. The number of rotatable bonds is 5. The lowest BCUT2D eigenvalue weighted by Gasteiger charge is -2.24. The number of hydrogen-bond acceptors (Lipinski definition) is 6. The Kier molecular flexibility index (Phi) is 6.29. The van der Waals surface area contributed by atoms with Gasteiger partial charge in [0.1, 0.15) is 11.6 Å². The second kappa shape index (κ2) is 9.39. The molecule has 0 spiro atoms. The first-order chi connectivity index (χ1) is 16.9. The molecule has 1 aliphatic rings. The van der Waals surface area contributed by atoms with Crippen molar-refractivity contribution in [2.45, 2.75) is 38.5 Å². The summed E-state index contributed by atoms with van der Waals surface area (Å²) in [5.74, 6) is 1.59. The number of para-hydroxylation sites is 1. The highest BCUT2D eigenvalue weighted by Gasteiger charge is 2.29. The smallest absolute Gasteiger partial charge is 0.243 e. The van der Waals surface area contributed by atoms with Gasteiger partial charge in [0.2, 0.25) is 10.0 Å². The molecule has 3 heterocycles. The second-order valence-corrected chi connectivity index (χ2v) is 10.8. The molecule has 2 aromatic heterocycles. The summed E-state index contributed by atoms with van der Waals surface area (Å²) < 4.78 is 29.9.